The molecule has 0 aliphatic carbocycles. The highest BCUT2D eigenvalue weighted by molar-refractivity contribution is 5.15. The van der Waals surface area contributed by atoms with E-state index < -0.39 is 0 Å². The van der Waals surface area contributed by atoms with E-state index in [0.29, 0.717) is 18.1 Å². The van der Waals surface area contributed by atoms with Crippen molar-refractivity contribution in [2.75, 3.05) is 13.7 Å². The van der Waals surface area contributed by atoms with Crippen LogP contribution < -0.4 is 5.32 Å². The molecule has 2 rings (SSSR count). The van der Waals surface area contributed by atoms with Crippen LogP contribution in [-0.4, -0.2) is 24.7 Å². The minimum absolute atomic E-state index is 0.364. The number of hydrogen-bond donors (Lipinski definition) is 1. The first kappa shape index (κ1) is 10.6. The zero-order chi connectivity index (χ0) is 10.7. The Morgan fingerprint density at radius 1 is 1.60 bits per heavy atom. The second kappa shape index (κ2) is 4.73. The van der Waals surface area contributed by atoms with Gasteiger partial charge in [0.2, 0.25) is 0 Å². The van der Waals surface area contributed by atoms with Crippen molar-refractivity contribution in [3.8, 4) is 0 Å². The Hall–Kier alpha value is -0.930. The number of ether oxygens (including phenoxy) is 1. The standard InChI is InChI=1S/C12H18N2O/c1-9-6-11(8-15-9)12(13-2)10-4-3-5-14-7-10/h3-5,7,9,11-13H,6,8H2,1-2H3. The van der Waals surface area contributed by atoms with Gasteiger partial charge in [-0.25, -0.2) is 0 Å². The van der Waals surface area contributed by atoms with Crippen LogP contribution in [-0.2, 0) is 4.74 Å². The Kier molecular flexibility index (Phi) is 3.34. The van der Waals surface area contributed by atoms with Crippen LogP contribution in [0.3, 0.4) is 0 Å². The summed E-state index contributed by atoms with van der Waals surface area (Å²) in [7, 11) is 2.00. The molecule has 3 unspecified atom stereocenters. The second-order valence-corrected chi connectivity index (χ2v) is 4.19. The molecule has 0 saturated carbocycles. The Bertz CT molecular complexity index is 302. The van der Waals surface area contributed by atoms with Gasteiger partial charge in [0.25, 0.3) is 0 Å². The van der Waals surface area contributed by atoms with Crippen molar-refractivity contribution in [3.05, 3.63) is 30.1 Å². The lowest BCUT2D eigenvalue weighted by atomic mass is 9.92. The molecule has 82 valence electrons. The van der Waals surface area contributed by atoms with Crippen molar-refractivity contribution in [1.82, 2.24) is 10.3 Å². The summed E-state index contributed by atoms with van der Waals surface area (Å²) in [6.45, 7) is 2.98. The fourth-order valence-corrected chi connectivity index (χ4v) is 2.32. The van der Waals surface area contributed by atoms with E-state index in [1.54, 1.807) is 0 Å². The van der Waals surface area contributed by atoms with E-state index in [4.69, 9.17) is 4.74 Å². The molecule has 3 atom stereocenters. The van der Waals surface area contributed by atoms with Crippen LogP contribution in [0, 0.1) is 5.92 Å². The number of rotatable bonds is 3. The molecule has 0 aromatic carbocycles. The Morgan fingerprint density at radius 2 is 2.47 bits per heavy atom. The zero-order valence-corrected chi connectivity index (χ0v) is 9.31. The fourth-order valence-electron chi connectivity index (χ4n) is 2.32. The smallest absolute Gasteiger partial charge is 0.0551 e. The quantitative estimate of drug-likeness (QED) is 0.818. The van der Waals surface area contributed by atoms with E-state index in [1.165, 1.54) is 5.56 Å². The van der Waals surface area contributed by atoms with Crippen LogP contribution in [0.5, 0.6) is 0 Å². The first-order valence-electron chi connectivity index (χ1n) is 5.50. The minimum atomic E-state index is 0.364. The average Bonchev–Trinajstić information content (AvgIpc) is 2.68. The Morgan fingerprint density at radius 3 is 3.00 bits per heavy atom. The summed E-state index contributed by atoms with van der Waals surface area (Å²) >= 11 is 0. The van der Waals surface area contributed by atoms with Crippen LogP contribution in [0.4, 0.5) is 0 Å². The van der Waals surface area contributed by atoms with E-state index >= 15 is 0 Å². The molecule has 3 nitrogen and oxygen atoms in total. The van der Waals surface area contributed by atoms with Crippen molar-refractivity contribution in [3.63, 3.8) is 0 Å². The summed E-state index contributed by atoms with van der Waals surface area (Å²) in [5.74, 6) is 0.564. The van der Waals surface area contributed by atoms with Crippen LogP contribution in [0.25, 0.3) is 0 Å². The lowest BCUT2D eigenvalue weighted by Gasteiger charge is -2.21. The largest absolute Gasteiger partial charge is 0.378 e. The van der Waals surface area contributed by atoms with Crippen molar-refractivity contribution in [2.45, 2.75) is 25.5 Å². The molecule has 0 spiro atoms. The van der Waals surface area contributed by atoms with Gasteiger partial charge < -0.3 is 10.1 Å². The Balaban J connectivity index is 2.11. The maximum atomic E-state index is 5.61. The van der Waals surface area contributed by atoms with E-state index in [0.717, 1.165) is 13.0 Å². The van der Waals surface area contributed by atoms with Crippen LogP contribution in [0.1, 0.15) is 24.9 Å². The normalized spacial score (nSPS) is 27.9. The molecule has 1 aromatic rings. The van der Waals surface area contributed by atoms with Gasteiger partial charge in [0, 0.05) is 24.4 Å². The molecule has 0 bridgehead atoms. The van der Waals surface area contributed by atoms with Crippen molar-refractivity contribution < 1.29 is 4.74 Å². The molecule has 1 aromatic heterocycles. The van der Waals surface area contributed by atoms with Gasteiger partial charge in [0.15, 0.2) is 0 Å². The molecule has 0 radical (unpaired) electrons. The van der Waals surface area contributed by atoms with E-state index in [9.17, 15) is 0 Å². The van der Waals surface area contributed by atoms with Gasteiger partial charge in [-0.1, -0.05) is 6.07 Å². The summed E-state index contributed by atoms with van der Waals surface area (Å²) < 4.78 is 5.61. The molecule has 15 heavy (non-hydrogen) atoms. The van der Waals surface area contributed by atoms with Crippen molar-refractivity contribution >= 4 is 0 Å². The van der Waals surface area contributed by atoms with Crippen LogP contribution in [0.15, 0.2) is 24.5 Å². The minimum Gasteiger partial charge on any atom is -0.378 e. The van der Waals surface area contributed by atoms with Gasteiger partial charge in [-0.2, -0.15) is 0 Å². The van der Waals surface area contributed by atoms with Gasteiger partial charge in [0.1, 0.15) is 0 Å². The topological polar surface area (TPSA) is 34.2 Å². The Labute approximate surface area is 90.9 Å². The maximum absolute atomic E-state index is 5.61. The summed E-state index contributed by atoms with van der Waals surface area (Å²) in [5.41, 5.74) is 1.25. The third kappa shape index (κ3) is 2.36. The highest BCUT2D eigenvalue weighted by Gasteiger charge is 2.29. The maximum Gasteiger partial charge on any atom is 0.0551 e. The van der Waals surface area contributed by atoms with Crippen molar-refractivity contribution in [1.29, 1.82) is 0 Å². The summed E-state index contributed by atoms with van der Waals surface area (Å²) in [6.07, 6.45) is 5.26. The third-order valence-electron chi connectivity index (χ3n) is 3.06. The summed E-state index contributed by atoms with van der Waals surface area (Å²) in [4.78, 5) is 4.16. The number of nitrogens with one attached hydrogen (secondary N) is 1. The highest BCUT2D eigenvalue weighted by Crippen LogP contribution is 2.30. The first-order chi connectivity index (χ1) is 7.31. The molecule has 2 heterocycles. The van der Waals surface area contributed by atoms with Gasteiger partial charge in [-0.15, -0.1) is 0 Å². The molecule has 1 fully saturated rings. The second-order valence-electron chi connectivity index (χ2n) is 4.19. The van der Waals surface area contributed by atoms with E-state index in [-0.39, 0.29) is 0 Å². The van der Waals surface area contributed by atoms with Crippen LogP contribution >= 0.6 is 0 Å². The predicted octanol–water partition coefficient (Wildman–Crippen LogP) is 1.77. The summed E-state index contributed by atoms with van der Waals surface area (Å²) in [6, 6.07) is 4.47. The van der Waals surface area contributed by atoms with Gasteiger partial charge in [-0.3, -0.25) is 4.98 Å². The van der Waals surface area contributed by atoms with Gasteiger partial charge in [0.05, 0.1) is 12.7 Å². The average molecular weight is 206 g/mol. The number of pyridine rings is 1. The predicted molar refractivity (Wildman–Crippen MR) is 59.6 cm³/mol. The SMILES string of the molecule is CNC(c1cccnc1)C1COC(C)C1. The molecule has 1 aliphatic rings. The first-order valence-corrected chi connectivity index (χ1v) is 5.50. The van der Waals surface area contributed by atoms with E-state index in [1.807, 2.05) is 25.5 Å². The molecular weight excluding hydrogens is 188 g/mol. The number of aromatic nitrogens is 1. The van der Waals surface area contributed by atoms with Gasteiger partial charge >= 0.3 is 0 Å². The van der Waals surface area contributed by atoms with Gasteiger partial charge in [-0.05, 0) is 32.0 Å². The lowest BCUT2D eigenvalue weighted by molar-refractivity contribution is 0.117. The molecule has 1 N–H and O–H groups in total. The highest BCUT2D eigenvalue weighted by atomic mass is 16.5. The van der Waals surface area contributed by atoms with Crippen molar-refractivity contribution in [2.24, 2.45) is 5.92 Å². The zero-order valence-electron chi connectivity index (χ0n) is 9.31. The molecule has 3 heteroatoms. The molecule has 1 aliphatic heterocycles. The number of nitrogens with zero attached hydrogens (tertiary/aromatic N) is 1. The monoisotopic (exact) mass is 206 g/mol. The lowest BCUT2D eigenvalue weighted by Crippen LogP contribution is -2.25. The summed E-state index contributed by atoms with van der Waals surface area (Å²) in [5, 5.41) is 3.36. The third-order valence-corrected chi connectivity index (χ3v) is 3.06. The van der Waals surface area contributed by atoms with Crippen LogP contribution in [0.2, 0.25) is 0 Å². The molecule has 1 saturated heterocycles. The molecule has 0 amide bonds. The molecular formula is C12H18N2O. The fraction of sp³-hybridized carbons (Fsp3) is 0.583. The number of hydrogen-bond acceptors (Lipinski definition) is 3. The van der Waals surface area contributed by atoms with E-state index in [2.05, 4.69) is 23.3 Å².